The zero-order valence-electron chi connectivity index (χ0n) is 10.0. The van der Waals surface area contributed by atoms with Crippen molar-refractivity contribution in [1.29, 1.82) is 0 Å². The number of rotatable bonds is 3. The molecule has 0 unspecified atom stereocenters. The zero-order chi connectivity index (χ0) is 12.3. The zero-order valence-corrected chi connectivity index (χ0v) is 10.8. The molecule has 16 heavy (non-hydrogen) atoms. The highest BCUT2D eigenvalue weighted by Gasteiger charge is 2.12. The minimum absolute atomic E-state index is 0.0133. The van der Waals surface area contributed by atoms with Gasteiger partial charge in [-0.2, -0.15) is 0 Å². The first-order valence-electron chi connectivity index (χ1n) is 4.99. The number of carbonyl (C=O) groups is 1. The van der Waals surface area contributed by atoms with E-state index in [9.17, 15) is 4.79 Å². The molecule has 0 heterocycles. The number of ether oxygens (including phenoxy) is 1. The van der Waals surface area contributed by atoms with Gasteiger partial charge in [0.25, 0.3) is 0 Å². The number of halogens is 1. The number of anilines is 1. The van der Waals surface area contributed by atoms with E-state index in [0.717, 1.165) is 22.6 Å². The molecule has 1 aromatic rings. The Kier molecular flexibility index (Phi) is 4.19. The molecule has 0 N–H and O–H groups in total. The summed E-state index contributed by atoms with van der Waals surface area (Å²) in [7, 11) is 3.36. The van der Waals surface area contributed by atoms with Gasteiger partial charge in [-0.1, -0.05) is 0 Å². The van der Waals surface area contributed by atoms with Crippen molar-refractivity contribution in [3.63, 3.8) is 0 Å². The Bertz CT molecular complexity index is 381. The first-order valence-corrected chi connectivity index (χ1v) is 5.52. The van der Waals surface area contributed by atoms with E-state index < -0.39 is 0 Å². The lowest BCUT2D eigenvalue weighted by molar-refractivity contribution is -0.116. The maximum Gasteiger partial charge on any atom is 0.241 e. The van der Waals surface area contributed by atoms with Crippen LogP contribution in [0.3, 0.4) is 0 Å². The normalized spacial score (nSPS) is 10.1. The summed E-state index contributed by atoms with van der Waals surface area (Å²) in [5.74, 6) is 0.724. The lowest BCUT2D eigenvalue weighted by Gasteiger charge is -2.19. The van der Waals surface area contributed by atoms with Crippen LogP contribution in [0.1, 0.15) is 11.1 Å². The number of nitrogens with zero attached hydrogens (tertiary/aromatic N) is 1. The Hall–Kier alpha value is -1.22. The predicted octanol–water partition coefficient (Wildman–Crippen LogP) is 2.51. The quantitative estimate of drug-likeness (QED) is 0.761. The Labute approximate surface area is 101 Å². The molecule has 0 atom stereocenters. The van der Waals surface area contributed by atoms with Gasteiger partial charge < -0.3 is 9.64 Å². The van der Waals surface area contributed by atoms with E-state index in [-0.39, 0.29) is 11.8 Å². The number of methoxy groups -OCH3 is 1. The van der Waals surface area contributed by atoms with Gasteiger partial charge in [0.15, 0.2) is 0 Å². The molecule has 0 aromatic heterocycles. The molecular formula is C12H16ClNO2. The van der Waals surface area contributed by atoms with Gasteiger partial charge in [-0.3, -0.25) is 4.79 Å². The average molecular weight is 242 g/mol. The van der Waals surface area contributed by atoms with Crippen LogP contribution in [0.15, 0.2) is 12.1 Å². The highest BCUT2D eigenvalue weighted by atomic mass is 35.5. The number of hydrogen-bond donors (Lipinski definition) is 0. The molecule has 4 heteroatoms. The number of benzene rings is 1. The lowest BCUT2D eigenvalue weighted by Crippen LogP contribution is -2.27. The summed E-state index contributed by atoms with van der Waals surface area (Å²) in [5.41, 5.74) is 2.85. The topological polar surface area (TPSA) is 29.5 Å². The second kappa shape index (κ2) is 5.21. The summed E-state index contributed by atoms with van der Waals surface area (Å²) in [6.45, 7) is 3.91. The van der Waals surface area contributed by atoms with Crippen LogP contribution in [-0.4, -0.2) is 25.9 Å². The van der Waals surface area contributed by atoms with Crippen LogP contribution in [0.4, 0.5) is 5.69 Å². The van der Waals surface area contributed by atoms with Crippen LogP contribution >= 0.6 is 11.6 Å². The highest BCUT2D eigenvalue weighted by molar-refractivity contribution is 6.29. The lowest BCUT2D eigenvalue weighted by atomic mass is 10.1. The number of hydrogen-bond acceptors (Lipinski definition) is 2. The Morgan fingerprint density at radius 3 is 2.25 bits per heavy atom. The number of amides is 1. The van der Waals surface area contributed by atoms with Crippen molar-refractivity contribution >= 4 is 23.2 Å². The first kappa shape index (κ1) is 12.8. The summed E-state index contributed by atoms with van der Waals surface area (Å²) in [6, 6.07) is 3.83. The SMILES string of the molecule is COc1c(C)cc(N(C)C(=O)CCl)cc1C. The van der Waals surface area contributed by atoms with Crippen molar-refractivity contribution < 1.29 is 9.53 Å². The van der Waals surface area contributed by atoms with E-state index in [1.165, 1.54) is 0 Å². The van der Waals surface area contributed by atoms with Gasteiger partial charge in [-0.25, -0.2) is 0 Å². The van der Waals surface area contributed by atoms with Crippen molar-refractivity contribution in [3.8, 4) is 5.75 Å². The largest absolute Gasteiger partial charge is 0.496 e. The van der Waals surface area contributed by atoms with Crippen LogP contribution in [0, 0.1) is 13.8 Å². The van der Waals surface area contributed by atoms with Gasteiger partial charge in [0.05, 0.1) is 7.11 Å². The smallest absolute Gasteiger partial charge is 0.241 e. The van der Waals surface area contributed by atoms with Gasteiger partial charge in [0.2, 0.25) is 5.91 Å². The second-order valence-corrected chi connectivity index (χ2v) is 3.97. The second-order valence-electron chi connectivity index (χ2n) is 3.70. The molecule has 0 radical (unpaired) electrons. The van der Waals surface area contributed by atoms with Gasteiger partial charge in [-0.15, -0.1) is 11.6 Å². The molecule has 0 bridgehead atoms. The van der Waals surface area contributed by atoms with E-state index in [1.807, 2.05) is 26.0 Å². The van der Waals surface area contributed by atoms with Crippen LogP contribution in [-0.2, 0) is 4.79 Å². The third-order valence-electron chi connectivity index (χ3n) is 2.52. The molecule has 0 spiro atoms. The summed E-state index contributed by atoms with van der Waals surface area (Å²) < 4.78 is 5.27. The average Bonchev–Trinajstić information content (AvgIpc) is 2.26. The van der Waals surface area contributed by atoms with Gasteiger partial charge in [0, 0.05) is 12.7 Å². The summed E-state index contributed by atoms with van der Waals surface area (Å²) >= 11 is 5.52. The van der Waals surface area contributed by atoms with Crippen molar-refractivity contribution in [3.05, 3.63) is 23.3 Å². The van der Waals surface area contributed by atoms with E-state index in [4.69, 9.17) is 16.3 Å². The molecule has 3 nitrogen and oxygen atoms in total. The first-order chi connectivity index (χ1) is 7.51. The van der Waals surface area contributed by atoms with Gasteiger partial charge in [0.1, 0.15) is 11.6 Å². The molecule has 0 fully saturated rings. The fourth-order valence-electron chi connectivity index (χ4n) is 1.68. The maximum atomic E-state index is 11.5. The Morgan fingerprint density at radius 1 is 1.38 bits per heavy atom. The fourth-order valence-corrected chi connectivity index (χ4v) is 1.86. The van der Waals surface area contributed by atoms with Crippen LogP contribution in [0.2, 0.25) is 0 Å². The van der Waals surface area contributed by atoms with Crippen molar-refractivity contribution in [2.45, 2.75) is 13.8 Å². The number of alkyl halides is 1. The summed E-state index contributed by atoms with van der Waals surface area (Å²) in [4.78, 5) is 13.0. The molecule has 0 saturated heterocycles. The monoisotopic (exact) mass is 241 g/mol. The van der Waals surface area contributed by atoms with Crippen molar-refractivity contribution in [1.82, 2.24) is 0 Å². The predicted molar refractivity (Wildman–Crippen MR) is 66.6 cm³/mol. The minimum Gasteiger partial charge on any atom is -0.496 e. The number of aryl methyl sites for hydroxylation is 2. The van der Waals surface area contributed by atoms with Crippen LogP contribution < -0.4 is 9.64 Å². The third kappa shape index (κ3) is 2.47. The number of carbonyl (C=O) groups excluding carboxylic acids is 1. The van der Waals surface area contributed by atoms with Crippen LogP contribution in [0.25, 0.3) is 0 Å². The van der Waals surface area contributed by atoms with E-state index in [0.29, 0.717) is 0 Å². The summed E-state index contributed by atoms with van der Waals surface area (Å²) in [6.07, 6.45) is 0. The molecule has 0 saturated carbocycles. The van der Waals surface area contributed by atoms with Crippen molar-refractivity contribution in [2.75, 3.05) is 24.9 Å². The fraction of sp³-hybridized carbons (Fsp3) is 0.417. The minimum atomic E-state index is -0.120. The van der Waals surface area contributed by atoms with E-state index >= 15 is 0 Å². The van der Waals surface area contributed by atoms with Crippen molar-refractivity contribution in [2.24, 2.45) is 0 Å². The van der Waals surface area contributed by atoms with Crippen LogP contribution in [0.5, 0.6) is 5.75 Å². The Balaban J connectivity index is 3.13. The molecular weight excluding hydrogens is 226 g/mol. The molecule has 1 aromatic carbocycles. The third-order valence-corrected chi connectivity index (χ3v) is 2.75. The Morgan fingerprint density at radius 2 is 1.88 bits per heavy atom. The molecule has 88 valence electrons. The standard InChI is InChI=1S/C12H16ClNO2/c1-8-5-10(14(3)11(15)7-13)6-9(2)12(8)16-4/h5-6H,7H2,1-4H3. The molecule has 0 aliphatic rings. The van der Waals surface area contributed by atoms with E-state index in [1.54, 1.807) is 19.1 Å². The molecule has 1 rings (SSSR count). The molecule has 1 amide bonds. The molecule has 0 aliphatic heterocycles. The maximum absolute atomic E-state index is 11.5. The molecule has 0 aliphatic carbocycles. The van der Waals surface area contributed by atoms with Gasteiger partial charge in [-0.05, 0) is 37.1 Å². The van der Waals surface area contributed by atoms with E-state index in [2.05, 4.69) is 0 Å². The van der Waals surface area contributed by atoms with Gasteiger partial charge >= 0.3 is 0 Å². The summed E-state index contributed by atoms with van der Waals surface area (Å²) in [5, 5.41) is 0. The highest BCUT2D eigenvalue weighted by Crippen LogP contribution is 2.28.